The molecular formula is C44H49N7O9. The molecule has 4 aromatic rings. The lowest BCUT2D eigenvalue weighted by Crippen LogP contribution is -2.77. The fourth-order valence-corrected chi connectivity index (χ4v) is 9.39. The van der Waals surface area contributed by atoms with Crippen LogP contribution >= 0.6 is 0 Å². The van der Waals surface area contributed by atoms with E-state index in [0.29, 0.717) is 48.8 Å². The molecule has 1 atom stereocenters. The van der Waals surface area contributed by atoms with E-state index >= 15 is 0 Å². The van der Waals surface area contributed by atoms with Gasteiger partial charge in [0.25, 0.3) is 17.4 Å². The smallest absolute Gasteiger partial charge is 0.266 e. The fraction of sp³-hybridized carbons (Fsp3) is 0.432. The highest BCUT2D eigenvalue weighted by molar-refractivity contribution is 6.24. The van der Waals surface area contributed by atoms with Crippen LogP contribution in [-0.4, -0.2) is 102 Å². The number of rotatable bonds is 16. The maximum Gasteiger partial charge on any atom is 0.266 e. The van der Waals surface area contributed by atoms with Crippen LogP contribution in [0.5, 0.6) is 17.2 Å². The van der Waals surface area contributed by atoms with Crippen molar-refractivity contribution in [1.82, 2.24) is 30.0 Å². The van der Waals surface area contributed by atoms with Crippen LogP contribution in [0.3, 0.4) is 0 Å². The van der Waals surface area contributed by atoms with Gasteiger partial charge in [0.2, 0.25) is 17.7 Å². The van der Waals surface area contributed by atoms with Gasteiger partial charge in [-0.05, 0) is 87.9 Å². The van der Waals surface area contributed by atoms with Crippen molar-refractivity contribution in [2.24, 2.45) is 12.5 Å². The number of unbranched alkanes of at least 4 members (excludes halogenated alkanes) is 2. The van der Waals surface area contributed by atoms with Gasteiger partial charge in [0, 0.05) is 62.5 Å². The van der Waals surface area contributed by atoms with Crippen molar-refractivity contribution in [3.63, 3.8) is 0 Å². The van der Waals surface area contributed by atoms with Crippen LogP contribution in [0.25, 0.3) is 21.9 Å². The molecule has 16 heteroatoms. The summed E-state index contributed by atoms with van der Waals surface area (Å²) < 4.78 is 19.4. The number of fused-ring (bicyclic) bond motifs is 2. The number of imide groups is 2. The van der Waals surface area contributed by atoms with Crippen molar-refractivity contribution < 1.29 is 38.2 Å². The zero-order valence-electron chi connectivity index (χ0n) is 34.4. The number of carbonyl (C=O) groups is 5. The first-order chi connectivity index (χ1) is 28.8. The molecule has 60 heavy (non-hydrogen) atoms. The van der Waals surface area contributed by atoms with Gasteiger partial charge >= 0.3 is 0 Å². The summed E-state index contributed by atoms with van der Waals surface area (Å²) in [5.41, 5.74) is 2.30. The number of carbonyl (C=O) groups excluding carboxylic acids is 5. The number of aromatic nitrogens is 2. The van der Waals surface area contributed by atoms with Gasteiger partial charge in [-0.15, -0.1) is 0 Å². The normalized spacial score (nSPS) is 21.6. The Kier molecular flexibility index (Phi) is 10.6. The molecular weight excluding hydrogens is 771 g/mol. The molecule has 314 valence electrons. The molecule has 3 aliphatic carbocycles. The van der Waals surface area contributed by atoms with Crippen LogP contribution in [-0.2, 0) is 28.0 Å². The Morgan fingerprint density at radius 1 is 0.950 bits per heavy atom. The monoisotopic (exact) mass is 819 g/mol. The topological polar surface area (TPSA) is 190 Å². The molecule has 2 bridgehead atoms. The summed E-state index contributed by atoms with van der Waals surface area (Å²) in [4.78, 5) is 84.5. The average Bonchev–Trinajstić information content (AvgIpc) is 3.46. The van der Waals surface area contributed by atoms with Crippen molar-refractivity contribution in [2.75, 3.05) is 46.8 Å². The Morgan fingerprint density at radius 2 is 1.68 bits per heavy atom. The van der Waals surface area contributed by atoms with E-state index in [1.165, 1.54) is 6.07 Å². The second kappa shape index (κ2) is 15.7. The van der Waals surface area contributed by atoms with Crippen molar-refractivity contribution >= 4 is 46.1 Å². The number of anilines is 1. The first-order valence-electron chi connectivity index (χ1n) is 20.2. The summed E-state index contributed by atoms with van der Waals surface area (Å²) in [6.45, 7) is 1.40. The van der Waals surface area contributed by atoms with E-state index in [-0.39, 0.29) is 52.1 Å². The summed E-state index contributed by atoms with van der Waals surface area (Å²) in [6, 6.07) is 9.45. The maximum atomic E-state index is 13.3. The number of amides is 5. The molecule has 3 saturated carbocycles. The zero-order valence-corrected chi connectivity index (χ0v) is 34.4. The van der Waals surface area contributed by atoms with Crippen molar-refractivity contribution in [3.8, 4) is 28.4 Å². The summed E-state index contributed by atoms with van der Waals surface area (Å²) in [7, 11) is 8.84. The molecule has 0 spiro atoms. The molecule has 1 unspecified atom stereocenters. The molecule has 3 N–H and O–H groups in total. The van der Waals surface area contributed by atoms with E-state index in [0.717, 1.165) is 59.1 Å². The second-order valence-corrected chi connectivity index (χ2v) is 16.4. The molecule has 9 rings (SSSR count). The number of ether oxygens (including phenoxy) is 3. The minimum Gasteiger partial charge on any atom is -0.496 e. The van der Waals surface area contributed by atoms with E-state index in [4.69, 9.17) is 14.2 Å². The highest BCUT2D eigenvalue weighted by Gasteiger charge is 2.72. The van der Waals surface area contributed by atoms with Crippen LogP contribution in [0.4, 0.5) is 5.82 Å². The Balaban J connectivity index is 0.816. The fourth-order valence-electron chi connectivity index (χ4n) is 9.39. The van der Waals surface area contributed by atoms with Crippen LogP contribution in [0.1, 0.15) is 77.6 Å². The van der Waals surface area contributed by atoms with E-state index in [1.807, 2.05) is 12.1 Å². The number of aryl methyl sites for hydroxylation is 1. The van der Waals surface area contributed by atoms with Crippen LogP contribution in [0.2, 0.25) is 0 Å². The standard InChI is InChI=1S/C44H49N7O9/c1-45-35-18-27-28(19-47-35)29(20-49(2)39(27)54)25-16-33(58-4)30(34(17-25)59-5)21-50(3)44-22-43(23-44,24-44)42(57)46-14-7-6-8-15-60-32-11-9-10-26-37(32)41(56)51(40(26)55)31-12-13-36(52)48-38(31)53/h9-11,16-20,31H,6-8,12-15,21-24H2,1-5H3,(H,45,47)(H,46,57)(H,48,52,53). The van der Waals surface area contributed by atoms with Crippen molar-refractivity contribution in [2.45, 2.75) is 69.5 Å². The van der Waals surface area contributed by atoms with Gasteiger partial charge in [-0.25, -0.2) is 4.98 Å². The number of nitrogens with zero attached hydrogens (tertiary/aromatic N) is 4. The molecule has 5 amide bonds. The van der Waals surface area contributed by atoms with Gasteiger partial charge in [-0.1, -0.05) is 6.07 Å². The second-order valence-electron chi connectivity index (χ2n) is 16.4. The molecule has 2 aromatic carbocycles. The summed E-state index contributed by atoms with van der Waals surface area (Å²) in [5.74, 6) is 0.0271. The van der Waals surface area contributed by atoms with Gasteiger partial charge in [0.1, 0.15) is 29.1 Å². The number of hydrogen-bond donors (Lipinski definition) is 3. The number of pyridine rings is 2. The third-order valence-corrected chi connectivity index (χ3v) is 12.7. The molecule has 16 nitrogen and oxygen atoms in total. The van der Waals surface area contributed by atoms with Crippen molar-refractivity contribution in [3.05, 3.63) is 75.8 Å². The third-order valence-electron chi connectivity index (χ3n) is 12.7. The van der Waals surface area contributed by atoms with E-state index in [1.54, 1.807) is 63.5 Å². The quantitative estimate of drug-likeness (QED) is 0.110. The lowest BCUT2D eigenvalue weighted by Gasteiger charge is -2.72. The Bertz CT molecular complexity index is 2470. The zero-order chi connectivity index (χ0) is 42.5. The predicted octanol–water partition coefficient (Wildman–Crippen LogP) is 3.78. The first-order valence-corrected chi connectivity index (χ1v) is 20.2. The molecule has 1 saturated heterocycles. The van der Waals surface area contributed by atoms with E-state index in [2.05, 4.69) is 32.9 Å². The lowest BCUT2D eigenvalue weighted by molar-refractivity contribution is -0.215. The summed E-state index contributed by atoms with van der Waals surface area (Å²) in [5, 5.41) is 9.63. The van der Waals surface area contributed by atoms with Crippen molar-refractivity contribution in [1.29, 1.82) is 0 Å². The molecule has 5 aliphatic rings. The third kappa shape index (κ3) is 6.81. The first kappa shape index (κ1) is 40.5. The largest absolute Gasteiger partial charge is 0.496 e. The predicted molar refractivity (Wildman–Crippen MR) is 221 cm³/mol. The van der Waals surface area contributed by atoms with Crippen LogP contribution < -0.4 is 35.7 Å². The Morgan fingerprint density at radius 3 is 2.37 bits per heavy atom. The van der Waals surface area contributed by atoms with Crippen LogP contribution in [0.15, 0.2) is 53.6 Å². The van der Waals surface area contributed by atoms with Gasteiger partial charge in [-0.3, -0.25) is 43.9 Å². The van der Waals surface area contributed by atoms with Gasteiger partial charge in [0.15, 0.2) is 0 Å². The number of piperidine rings is 1. The summed E-state index contributed by atoms with van der Waals surface area (Å²) >= 11 is 0. The van der Waals surface area contributed by atoms with Gasteiger partial charge in [-0.2, -0.15) is 0 Å². The minimum atomic E-state index is -1.04. The minimum absolute atomic E-state index is 0.0490. The number of hydrogen-bond acceptors (Lipinski definition) is 12. The Hall–Kier alpha value is -6.29. The van der Waals surface area contributed by atoms with E-state index in [9.17, 15) is 28.8 Å². The number of benzene rings is 2. The van der Waals surface area contributed by atoms with Gasteiger partial charge < -0.3 is 29.4 Å². The molecule has 4 fully saturated rings. The maximum absolute atomic E-state index is 13.3. The number of methoxy groups -OCH3 is 2. The molecule has 2 aliphatic heterocycles. The molecule has 0 radical (unpaired) electrons. The van der Waals surface area contributed by atoms with E-state index < -0.39 is 29.7 Å². The number of nitrogens with one attached hydrogen (secondary N) is 3. The SMILES string of the molecule is CNc1cc2c(=O)n(C)cc(-c3cc(OC)c(CN(C)C45CC(C(=O)NCCCCCOc6cccc7c6C(=O)N(C6CCC(=O)NC6=O)C7=O)(C4)C5)c(OC)c3)c2cn1. The van der Waals surface area contributed by atoms with Gasteiger partial charge in [0.05, 0.1) is 48.3 Å². The Labute approximate surface area is 346 Å². The molecule has 2 aromatic heterocycles. The average molecular weight is 820 g/mol. The highest BCUT2D eigenvalue weighted by atomic mass is 16.5. The summed E-state index contributed by atoms with van der Waals surface area (Å²) in [6.07, 6.45) is 8.16. The van der Waals surface area contributed by atoms with Crippen LogP contribution in [0, 0.1) is 5.41 Å². The highest BCUT2D eigenvalue weighted by Crippen LogP contribution is 2.70. The lowest BCUT2D eigenvalue weighted by atomic mass is 9.38. The molecule has 4 heterocycles.